The lowest BCUT2D eigenvalue weighted by atomic mass is 10.3. The fourth-order valence-electron chi connectivity index (χ4n) is 1.72. The fourth-order valence-corrected chi connectivity index (χ4v) is 3.50. The standard InChI is InChI=1S/C13H11ClN4OS2/c1-2-18-6-8(5-15-18)12(19)17-13-16-9(7-20-13)10-3-4-11(14)21-10/h3-7H,2H2,1H3,(H,16,17,19). The van der Waals surface area contributed by atoms with Gasteiger partial charge in [-0.2, -0.15) is 5.10 Å². The molecule has 0 bridgehead atoms. The van der Waals surface area contributed by atoms with Crippen molar-refractivity contribution < 1.29 is 4.79 Å². The van der Waals surface area contributed by atoms with Crippen molar-refractivity contribution in [3.05, 3.63) is 39.8 Å². The normalized spacial score (nSPS) is 10.8. The number of amides is 1. The van der Waals surface area contributed by atoms with E-state index in [1.165, 1.54) is 22.7 Å². The smallest absolute Gasteiger partial charge is 0.260 e. The Labute approximate surface area is 134 Å². The summed E-state index contributed by atoms with van der Waals surface area (Å²) in [5.74, 6) is -0.209. The molecule has 3 rings (SSSR count). The third kappa shape index (κ3) is 3.15. The van der Waals surface area contributed by atoms with Crippen LogP contribution in [0.3, 0.4) is 0 Å². The van der Waals surface area contributed by atoms with Gasteiger partial charge in [-0.3, -0.25) is 14.8 Å². The summed E-state index contributed by atoms with van der Waals surface area (Å²) >= 11 is 8.75. The van der Waals surface area contributed by atoms with Crippen LogP contribution in [0, 0.1) is 0 Å². The maximum atomic E-state index is 12.1. The van der Waals surface area contributed by atoms with Crippen LogP contribution in [0.5, 0.6) is 0 Å². The zero-order chi connectivity index (χ0) is 14.8. The third-order valence-electron chi connectivity index (χ3n) is 2.77. The number of carbonyl (C=O) groups excluding carboxylic acids is 1. The van der Waals surface area contributed by atoms with Crippen molar-refractivity contribution >= 4 is 45.3 Å². The predicted octanol–water partition coefficient (Wildman–Crippen LogP) is 3.99. The van der Waals surface area contributed by atoms with Crippen LogP contribution in [-0.4, -0.2) is 20.7 Å². The summed E-state index contributed by atoms with van der Waals surface area (Å²) in [6.07, 6.45) is 3.26. The summed E-state index contributed by atoms with van der Waals surface area (Å²) in [5, 5.41) is 9.31. The first-order valence-electron chi connectivity index (χ1n) is 6.20. The van der Waals surface area contributed by atoms with Crippen LogP contribution in [0.15, 0.2) is 29.9 Å². The molecule has 0 saturated heterocycles. The lowest BCUT2D eigenvalue weighted by Gasteiger charge is -1.97. The Morgan fingerprint density at radius 2 is 2.33 bits per heavy atom. The highest BCUT2D eigenvalue weighted by molar-refractivity contribution is 7.20. The van der Waals surface area contributed by atoms with E-state index in [0.29, 0.717) is 10.7 Å². The Morgan fingerprint density at radius 1 is 1.48 bits per heavy atom. The molecule has 0 aromatic carbocycles. The van der Waals surface area contributed by atoms with E-state index in [-0.39, 0.29) is 5.91 Å². The van der Waals surface area contributed by atoms with Gasteiger partial charge in [0, 0.05) is 18.1 Å². The highest BCUT2D eigenvalue weighted by atomic mass is 35.5. The first-order valence-corrected chi connectivity index (χ1v) is 8.28. The molecule has 0 fully saturated rings. The topological polar surface area (TPSA) is 59.8 Å². The molecule has 3 aromatic rings. The molecule has 0 aliphatic heterocycles. The van der Waals surface area contributed by atoms with Crippen LogP contribution in [0.4, 0.5) is 5.13 Å². The molecule has 3 heterocycles. The number of rotatable bonds is 4. The maximum Gasteiger partial charge on any atom is 0.260 e. The average Bonchev–Trinajstić information content (AvgIpc) is 3.17. The minimum Gasteiger partial charge on any atom is -0.298 e. The van der Waals surface area contributed by atoms with Crippen LogP contribution >= 0.6 is 34.3 Å². The van der Waals surface area contributed by atoms with Gasteiger partial charge in [-0.1, -0.05) is 11.6 Å². The first kappa shape index (κ1) is 14.2. The summed E-state index contributed by atoms with van der Waals surface area (Å²) in [5.41, 5.74) is 1.34. The number of hydrogen-bond donors (Lipinski definition) is 1. The van der Waals surface area contributed by atoms with Crippen LogP contribution in [0.25, 0.3) is 10.6 Å². The zero-order valence-electron chi connectivity index (χ0n) is 11.0. The number of thiazole rings is 1. The third-order valence-corrected chi connectivity index (χ3v) is 4.78. The van der Waals surface area contributed by atoms with Gasteiger partial charge in [-0.05, 0) is 19.1 Å². The quantitative estimate of drug-likeness (QED) is 0.782. The van der Waals surface area contributed by atoms with Gasteiger partial charge >= 0.3 is 0 Å². The van der Waals surface area contributed by atoms with Crippen molar-refractivity contribution in [3.8, 4) is 10.6 Å². The molecule has 0 radical (unpaired) electrons. The minimum absolute atomic E-state index is 0.209. The van der Waals surface area contributed by atoms with Gasteiger partial charge in [0.2, 0.25) is 0 Å². The second kappa shape index (κ2) is 5.97. The van der Waals surface area contributed by atoms with Gasteiger partial charge < -0.3 is 0 Å². The number of thiophene rings is 1. The molecule has 21 heavy (non-hydrogen) atoms. The molecule has 8 heteroatoms. The van der Waals surface area contributed by atoms with E-state index < -0.39 is 0 Å². The van der Waals surface area contributed by atoms with E-state index in [4.69, 9.17) is 11.6 Å². The van der Waals surface area contributed by atoms with Crippen molar-refractivity contribution in [1.29, 1.82) is 0 Å². The summed E-state index contributed by atoms with van der Waals surface area (Å²) < 4.78 is 2.42. The SMILES string of the molecule is CCn1cc(C(=O)Nc2nc(-c3ccc(Cl)s3)cs2)cn1. The van der Waals surface area contributed by atoms with Gasteiger partial charge in [-0.15, -0.1) is 22.7 Å². The zero-order valence-corrected chi connectivity index (χ0v) is 13.4. The monoisotopic (exact) mass is 338 g/mol. The summed E-state index contributed by atoms with van der Waals surface area (Å²) in [7, 11) is 0. The van der Waals surface area contributed by atoms with E-state index in [2.05, 4.69) is 15.4 Å². The van der Waals surface area contributed by atoms with Crippen LogP contribution in [0.1, 0.15) is 17.3 Å². The number of nitrogens with zero attached hydrogens (tertiary/aromatic N) is 3. The average molecular weight is 339 g/mol. The second-order valence-corrected chi connectivity index (χ2v) is 6.75. The fraction of sp³-hybridized carbons (Fsp3) is 0.154. The van der Waals surface area contributed by atoms with Crippen LogP contribution < -0.4 is 5.32 Å². The summed E-state index contributed by atoms with van der Waals surface area (Å²) in [6, 6.07) is 3.75. The van der Waals surface area contributed by atoms with E-state index in [1.54, 1.807) is 17.1 Å². The summed E-state index contributed by atoms with van der Waals surface area (Å²) in [6.45, 7) is 2.70. The molecule has 5 nitrogen and oxygen atoms in total. The number of hydrogen-bond acceptors (Lipinski definition) is 5. The number of nitrogens with one attached hydrogen (secondary N) is 1. The Morgan fingerprint density at radius 3 is 3.00 bits per heavy atom. The predicted molar refractivity (Wildman–Crippen MR) is 86.3 cm³/mol. The van der Waals surface area contributed by atoms with Crippen LogP contribution in [-0.2, 0) is 6.54 Å². The van der Waals surface area contributed by atoms with E-state index in [0.717, 1.165) is 21.5 Å². The van der Waals surface area contributed by atoms with Crippen LogP contribution in [0.2, 0.25) is 4.34 Å². The Bertz CT molecular complexity index is 777. The molecule has 108 valence electrons. The number of aromatic nitrogens is 3. The molecular weight excluding hydrogens is 328 g/mol. The molecule has 0 spiro atoms. The lowest BCUT2D eigenvalue weighted by Crippen LogP contribution is -2.10. The van der Waals surface area contributed by atoms with E-state index >= 15 is 0 Å². The van der Waals surface area contributed by atoms with Gasteiger partial charge in [-0.25, -0.2) is 4.98 Å². The number of carbonyl (C=O) groups is 1. The lowest BCUT2D eigenvalue weighted by molar-refractivity contribution is 0.102. The van der Waals surface area contributed by atoms with Crippen molar-refractivity contribution in [1.82, 2.24) is 14.8 Å². The largest absolute Gasteiger partial charge is 0.298 e. The minimum atomic E-state index is -0.209. The van der Waals surface area contributed by atoms with Gasteiger partial charge in [0.05, 0.1) is 26.7 Å². The highest BCUT2D eigenvalue weighted by Crippen LogP contribution is 2.32. The maximum absolute atomic E-state index is 12.1. The molecule has 0 atom stereocenters. The molecule has 1 amide bonds. The molecule has 1 N–H and O–H groups in total. The first-order chi connectivity index (χ1) is 10.2. The number of aryl methyl sites for hydroxylation is 1. The van der Waals surface area contributed by atoms with E-state index in [1.807, 2.05) is 24.4 Å². The molecule has 0 saturated carbocycles. The Kier molecular flexibility index (Phi) is 4.05. The Balaban J connectivity index is 1.73. The summed E-state index contributed by atoms with van der Waals surface area (Å²) in [4.78, 5) is 17.5. The molecular formula is C13H11ClN4OS2. The second-order valence-electron chi connectivity index (χ2n) is 4.18. The molecule has 0 aliphatic carbocycles. The number of halogens is 1. The molecule has 0 aliphatic rings. The molecule has 3 aromatic heterocycles. The molecule has 0 unspecified atom stereocenters. The van der Waals surface area contributed by atoms with Crippen molar-refractivity contribution in [3.63, 3.8) is 0 Å². The van der Waals surface area contributed by atoms with Gasteiger partial charge in [0.15, 0.2) is 5.13 Å². The van der Waals surface area contributed by atoms with Gasteiger partial charge in [0.1, 0.15) is 0 Å². The van der Waals surface area contributed by atoms with Crippen molar-refractivity contribution in [2.75, 3.05) is 5.32 Å². The van der Waals surface area contributed by atoms with Crippen molar-refractivity contribution in [2.24, 2.45) is 0 Å². The van der Waals surface area contributed by atoms with Gasteiger partial charge in [0.25, 0.3) is 5.91 Å². The van der Waals surface area contributed by atoms with E-state index in [9.17, 15) is 4.79 Å². The Hall–Kier alpha value is -1.70. The number of anilines is 1. The van der Waals surface area contributed by atoms with Crippen molar-refractivity contribution in [2.45, 2.75) is 13.5 Å². The highest BCUT2D eigenvalue weighted by Gasteiger charge is 2.12.